The fourth-order valence-electron chi connectivity index (χ4n) is 4.60. The molecule has 0 saturated heterocycles. The Morgan fingerprint density at radius 3 is 1.91 bits per heavy atom. The van der Waals surface area contributed by atoms with Crippen LogP contribution in [0.15, 0.2) is 53.4 Å². The lowest BCUT2D eigenvalue weighted by molar-refractivity contribution is 0.291. The van der Waals surface area contributed by atoms with Gasteiger partial charge in [-0.3, -0.25) is 0 Å². The fourth-order valence-corrected chi connectivity index (χ4v) is 6.63. The summed E-state index contributed by atoms with van der Waals surface area (Å²) in [6.07, 6.45) is 0.945. The normalized spacial score (nSPS) is 13.1. The molecule has 3 aromatic carbocycles. The highest BCUT2D eigenvalue weighted by Gasteiger charge is 2.37. The van der Waals surface area contributed by atoms with Crippen molar-refractivity contribution >= 4 is 19.3 Å². The summed E-state index contributed by atoms with van der Waals surface area (Å²) in [6, 6.07) is 16.8. The van der Waals surface area contributed by atoms with Crippen LogP contribution < -0.4 is 23.7 Å². The standard InChI is InChI=1S/C34H46N2O6SSi/c1-23-11-13-27(14-12-23)43(37)36-29(17-25-19-31(39-6)32(40-7)20-26(25)22-35)28-21-33(41-8)30(38-5)18-24(28)15-16-42-44(9,10)34(2,3)4/h11-14,18-21,29,36H,15-17H2,1-10H3/t29-,43+/m1/s1. The number of ether oxygens (including phenoxy) is 4. The van der Waals surface area contributed by atoms with Gasteiger partial charge in [0.15, 0.2) is 31.3 Å². The Bertz CT molecular complexity index is 1500. The lowest BCUT2D eigenvalue weighted by Gasteiger charge is -2.36. The molecule has 0 fully saturated rings. The number of aryl methyl sites for hydroxylation is 1. The van der Waals surface area contributed by atoms with Gasteiger partial charge in [0.1, 0.15) is 11.0 Å². The summed E-state index contributed by atoms with van der Waals surface area (Å²) in [5.41, 5.74) is 4.09. The number of benzene rings is 3. The lowest BCUT2D eigenvalue weighted by Crippen LogP contribution is -2.41. The lowest BCUT2D eigenvalue weighted by atomic mass is 9.91. The predicted octanol–water partition coefficient (Wildman–Crippen LogP) is 7.06. The van der Waals surface area contributed by atoms with Gasteiger partial charge in [-0.25, -0.2) is 8.93 Å². The molecule has 0 aliphatic rings. The SMILES string of the molecule is COc1cc(C#N)c(C[C@@H](N[S@@](=O)c2ccc(C)cc2)c2cc(OC)c(OC)cc2CCO[Si](C)(C)C(C)(C)C)cc1OC. The van der Waals surface area contributed by atoms with E-state index in [9.17, 15) is 9.47 Å². The highest BCUT2D eigenvalue weighted by atomic mass is 32.2. The summed E-state index contributed by atoms with van der Waals surface area (Å²) in [5.74, 6) is 2.13. The van der Waals surface area contributed by atoms with Crippen molar-refractivity contribution in [3.8, 4) is 29.1 Å². The Hall–Kier alpha value is -3.36. The van der Waals surface area contributed by atoms with Crippen LogP contribution in [0.4, 0.5) is 0 Å². The maximum atomic E-state index is 13.8. The molecule has 0 amide bonds. The quantitative estimate of drug-likeness (QED) is 0.189. The second-order valence-corrected chi connectivity index (χ2v) is 18.3. The molecule has 10 heteroatoms. The van der Waals surface area contributed by atoms with Gasteiger partial charge >= 0.3 is 0 Å². The topological polar surface area (TPSA) is 99.0 Å². The molecular weight excluding hydrogens is 593 g/mol. The van der Waals surface area contributed by atoms with E-state index in [2.05, 4.69) is 44.7 Å². The molecule has 0 heterocycles. The molecule has 0 unspecified atom stereocenters. The van der Waals surface area contributed by atoms with Gasteiger partial charge in [0.05, 0.1) is 45.0 Å². The zero-order chi connectivity index (χ0) is 32.7. The summed E-state index contributed by atoms with van der Waals surface area (Å²) in [5, 5.41) is 10.1. The third-order valence-corrected chi connectivity index (χ3v) is 14.0. The second kappa shape index (κ2) is 15.1. The van der Waals surface area contributed by atoms with Crippen molar-refractivity contribution in [3.05, 3.63) is 76.3 Å². The minimum absolute atomic E-state index is 0.0730. The smallest absolute Gasteiger partial charge is 0.191 e. The van der Waals surface area contributed by atoms with Crippen LogP contribution in [-0.4, -0.2) is 47.6 Å². The summed E-state index contributed by atoms with van der Waals surface area (Å²) in [6.45, 7) is 13.6. The maximum Gasteiger partial charge on any atom is 0.191 e. The van der Waals surface area contributed by atoms with Crippen molar-refractivity contribution in [3.63, 3.8) is 0 Å². The Balaban J connectivity index is 2.15. The fraction of sp³-hybridized carbons (Fsp3) is 0.441. The predicted molar refractivity (Wildman–Crippen MR) is 178 cm³/mol. The first kappa shape index (κ1) is 35.1. The van der Waals surface area contributed by atoms with E-state index in [0.29, 0.717) is 52.9 Å². The first-order valence-electron chi connectivity index (χ1n) is 14.6. The van der Waals surface area contributed by atoms with E-state index in [1.54, 1.807) is 27.4 Å². The van der Waals surface area contributed by atoms with Crippen molar-refractivity contribution in [2.45, 2.75) is 69.6 Å². The molecule has 0 aliphatic carbocycles. The Morgan fingerprint density at radius 1 is 0.864 bits per heavy atom. The summed E-state index contributed by atoms with van der Waals surface area (Å²) < 4.78 is 46.1. The van der Waals surface area contributed by atoms with Crippen molar-refractivity contribution < 1.29 is 27.6 Å². The Labute approximate surface area is 266 Å². The van der Waals surface area contributed by atoms with Gasteiger partial charge in [-0.2, -0.15) is 5.26 Å². The number of hydrogen-bond donors (Lipinski definition) is 1. The molecule has 0 saturated carbocycles. The zero-order valence-electron chi connectivity index (χ0n) is 27.6. The summed E-state index contributed by atoms with van der Waals surface area (Å²) in [7, 11) is 2.75. The first-order chi connectivity index (χ1) is 20.8. The van der Waals surface area contributed by atoms with Crippen LogP contribution in [0.1, 0.15) is 54.6 Å². The number of nitrogens with one attached hydrogen (secondary N) is 1. The van der Waals surface area contributed by atoms with Gasteiger partial charge in [-0.05, 0) is 84.9 Å². The summed E-state index contributed by atoms with van der Waals surface area (Å²) >= 11 is 0. The highest BCUT2D eigenvalue weighted by molar-refractivity contribution is 7.83. The van der Waals surface area contributed by atoms with Crippen LogP contribution in [0.3, 0.4) is 0 Å². The molecule has 8 nitrogen and oxygen atoms in total. The van der Waals surface area contributed by atoms with Crippen LogP contribution in [0.25, 0.3) is 0 Å². The molecule has 0 bridgehead atoms. The van der Waals surface area contributed by atoms with E-state index in [-0.39, 0.29) is 5.04 Å². The maximum absolute atomic E-state index is 13.8. The minimum Gasteiger partial charge on any atom is -0.493 e. The third kappa shape index (κ3) is 8.42. The van der Waals surface area contributed by atoms with Crippen LogP contribution >= 0.6 is 0 Å². The van der Waals surface area contributed by atoms with E-state index >= 15 is 0 Å². The van der Waals surface area contributed by atoms with E-state index in [0.717, 1.165) is 22.3 Å². The van der Waals surface area contributed by atoms with Crippen LogP contribution in [0, 0.1) is 18.3 Å². The van der Waals surface area contributed by atoms with Crippen LogP contribution in [0.5, 0.6) is 23.0 Å². The zero-order valence-corrected chi connectivity index (χ0v) is 29.4. The Morgan fingerprint density at radius 2 is 1.39 bits per heavy atom. The number of nitrogens with zero attached hydrogens (tertiary/aromatic N) is 1. The molecule has 3 rings (SSSR count). The van der Waals surface area contributed by atoms with Crippen LogP contribution in [0.2, 0.25) is 18.1 Å². The second-order valence-electron chi connectivity index (χ2n) is 12.2. The van der Waals surface area contributed by atoms with E-state index in [1.165, 1.54) is 7.11 Å². The van der Waals surface area contributed by atoms with Gasteiger partial charge in [0.25, 0.3) is 0 Å². The van der Waals surface area contributed by atoms with Gasteiger partial charge in [-0.1, -0.05) is 38.5 Å². The minimum atomic E-state index is -1.99. The van der Waals surface area contributed by atoms with Gasteiger partial charge < -0.3 is 23.4 Å². The molecule has 238 valence electrons. The third-order valence-electron chi connectivity index (χ3n) is 8.30. The van der Waals surface area contributed by atoms with Crippen molar-refractivity contribution in [1.82, 2.24) is 4.72 Å². The number of hydrogen-bond acceptors (Lipinski definition) is 7. The monoisotopic (exact) mass is 638 g/mol. The molecule has 0 aliphatic heterocycles. The molecule has 0 aromatic heterocycles. The van der Waals surface area contributed by atoms with Gasteiger partial charge in [-0.15, -0.1) is 0 Å². The van der Waals surface area contributed by atoms with Crippen molar-refractivity contribution in [1.29, 1.82) is 5.26 Å². The molecule has 1 N–H and O–H groups in total. The van der Waals surface area contributed by atoms with Crippen molar-refractivity contribution in [2.75, 3.05) is 35.0 Å². The number of methoxy groups -OCH3 is 4. The molecule has 0 spiro atoms. The average Bonchev–Trinajstić information content (AvgIpc) is 2.99. The molecule has 0 radical (unpaired) electrons. The van der Waals surface area contributed by atoms with E-state index < -0.39 is 25.3 Å². The van der Waals surface area contributed by atoms with Crippen molar-refractivity contribution in [2.24, 2.45) is 0 Å². The van der Waals surface area contributed by atoms with Gasteiger partial charge in [0, 0.05) is 18.7 Å². The summed E-state index contributed by atoms with van der Waals surface area (Å²) in [4.78, 5) is 0.650. The van der Waals surface area contributed by atoms with Crippen LogP contribution in [-0.2, 0) is 28.3 Å². The molecular formula is C34H46N2O6SSi. The number of nitriles is 1. The largest absolute Gasteiger partial charge is 0.493 e. The molecule has 2 atom stereocenters. The highest BCUT2D eigenvalue weighted by Crippen LogP contribution is 2.39. The molecule has 3 aromatic rings. The number of rotatable bonds is 14. The van der Waals surface area contributed by atoms with E-state index in [4.69, 9.17) is 23.4 Å². The first-order valence-corrected chi connectivity index (χ1v) is 18.6. The van der Waals surface area contributed by atoms with E-state index in [1.807, 2.05) is 49.4 Å². The van der Waals surface area contributed by atoms with Gasteiger partial charge in [0.2, 0.25) is 0 Å². The average molecular weight is 639 g/mol. The Kier molecular flexibility index (Phi) is 12.0. The molecule has 44 heavy (non-hydrogen) atoms.